The van der Waals surface area contributed by atoms with E-state index in [0.29, 0.717) is 22.7 Å². The van der Waals surface area contributed by atoms with Crippen LogP contribution in [0.1, 0.15) is 21.8 Å². The number of halogens is 1. The molecule has 0 saturated carbocycles. The molecule has 0 aliphatic rings. The summed E-state index contributed by atoms with van der Waals surface area (Å²) >= 11 is 0. The standard InChI is InChI=1S/C16H15FN4O4/c1-9-11(15(20-25-9)12-5-4-10(17)7-18-12)8-24-14-6-13(16(22)23-3)21(2)19-14/h4-7H,8H2,1-3H3. The van der Waals surface area contributed by atoms with Gasteiger partial charge in [-0.2, -0.15) is 0 Å². The van der Waals surface area contributed by atoms with Crippen LogP contribution in [-0.2, 0) is 18.4 Å². The second kappa shape index (κ2) is 6.71. The van der Waals surface area contributed by atoms with Crippen molar-refractivity contribution in [3.63, 3.8) is 0 Å². The Labute approximate surface area is 142 Å². The molecule has 0 amide bonds. The predicted octanol–water partition coefficient (Wildman–Crippen LogP) is 2.28. The number of hydrogen-bond donors (Lipinski definition) is 0. The van der Waals surface area contributed by atoms with Crippen LogP contribution in [0.25, 0.3) is 11.4 Å². The van der Waals surface area contributed by atoms with E-state index in [4.69, 9.17) is 9.26 Å². The summed E-state index contributed by atoms with van der Waals surface area (Å²) in [6.07, 6.45) is 1.10. The third kappa shape index (κ3) is 3.35. The SMILES string of the molecule is COC(=O)c1cc(OCc2c(-c3ccc(F)cn3)noc2C)nn1C. The molecule has 3 heterocycles. The van der Waals surface area contributed by atoms with Crippen LogP contribution in [0.15, 0.2) is 28.9 Å². The number of esters is 1. The van der Waals surface area contributed by atoms with E-state index in [1.807, 2.05) is 0 Å². The van der Waals surface area contributed by atoms with Gasteiger partial charge in [0.15, 0.2) is 0 Å². The van der Waals surface area contributed by atoms with Gasteiger partial charge in [0.2, 0.25) is 5.88 Å². The number of rotatable bonds is 5. The first kappa shape index (κ1) is 16.6. The highest BCUT2D eigenvalue weighted by Crippen LogP contribution is 2.25. The number of aryl methyl sites for hydroxylation is 2. The third-order valence-electron chi connectivity index (χ3n) is 3.57. The molecule has 9 heteroatoms. The van der Waals surface area contributed by atoms with Crippen LogP contribution < -0.4 is 4.74 Å². The normalized spacial score (nSPS) is 10.7. The summed E-state index contributed by atoms with van der Waals surface area (Å²) in [6, 6.07) is 4.27. The Balaban J connectivity index is 1.81. The zero-order valence-corrected chi connectivity index (χ0v) is 13.8. The highest BCUT2D eigenvalue weighted by atomic mass is 19.1. The molecular formula is C16H15FN4O4. The van der Waals surface area contributed by atoms with Crippen molar-refractivity contribution >= 4 is 5.97 Å². The molecular weight excluding hydrogens is 331 g/mol. The molecule has 8 nitrogen and oxygen atoms in total. The molecule has 0 N–H and O–H groups in total. The Bertz CT molecular complexity index is 902. The van der Waals surface area contributed by atoms with E-state index in [1.54, 1.807) is 14.0 Å². The van der Waals surface area contributed by atoms with Gasteiger partial charge in [-0.3, -0.25) is 9.67 Å². The Hall–Kier alpha value is -3.23. The summed E-state index contributed by atoms with van der Waals surface area (Å²) in [7, 11) is 2.90. The van der Waals surface area contributed by atoms with Gasteiger partial charge < -0.3 is 14.0 Å². The first-order valence-electron chi connectivity index (χ1n) is 7.32. The number of methoxy groups -OCH3 is 1. The van der Waals surface area contributed by atoms with E-state index in [1.165, 1.54) is 30.0 Å². The molecule has 0 spiro atoms. The molecule has 3 aromatic rings. The maximum absolute atomic E-state index is 13.0. The molecule has 25 heavy (non-hydrogen) atoms. The lowest BCUT2D eigenvalue weighted by Crippen LogP contribution is -2.07. The summed E-state index contributed by atoms with van der Waals surface area (Å²) in [5.74, 6) is -0.153. The summed E-state index contributed by atoms with van der Waals surface area (Å²) < 4.78 is 29.9. The van der Waals surface area contributed by atoms with Crippen LogP contribution in [-0.4, -0.2) is 33.0 Å². The molecule has 0 radical (unpaired) electrons. The summed E-state index contributed by atoms with van der Waals surface area (Å²) in [4.78, 5) is 15.6. The summed E-state index contributed by atoms with van der Waals surface area (Å²) in [6.45, 7) is 1.83. The lowest BCUT2D eigenvalue weighted by atomic mass is 10.1. The van der Waals surface area contributed by atoms with Gasteiger partial charge in [0.1, 0.15) is 29.6 Å². The van der Waals surface area contributed by atoms with Gasteiger partial charge in [0.05, 0.1) is 24.6 Å². The lowest BCUT2D eigenvalue weighted by Gasteiger charge is -2.03. The van der Waals surface area contributed by atoms with E-state index in [9.17, 15) is 9.18 Å². The number of ether oxygens (including phenoxy) is 2. The summed E-state index contributed by atoms with van der Waals surface area (Å²) in [5.41, 5.74) is 1.85. The van der Waals surface area contributed by atoms with E-state index in [0.717, 1.165) is 6.20 Å². The van der Waals surface area contributed by atoms with Crippen molar-refractivity contribution in [3.8, 4) is 17.3 Å². The van der Waals surface area contributed by atoms with Crippen molar-refractivity contribution in [1.82, 2.24) is 19.9 Å². The molecule has 0 atom stereocenters. The second-order valence-electron chi connectivity index (χ2n) is 5.20. The zero-order chi connectivity index (χ0) is 18.0. The predicted molar refractivity (Wildman–Crippen MR) is 83.3 cm³/mol. The largest absolute Gasteiger partial charge is 0.471 e. The van der Waals surface area contributed by atoms with Crippen LogP contribution >= 0.6 is 0 Å². The molecule has 0 aromatic carbocycles. The van der Waals surface area contributed by atoms with Crippen LogP contribution in [0.2, 0.25) is 0 Å². The zero-order valence-electron chi connectivity index (χ0n) is 13.8. The van der Waals surface area contributed by atoms with Gasteiger partial charge in [-0.25, -0.2) is 9.18 Å². The molecule has 0 aliphatic carbocycles. The fourth-order valence-corrected chi connectivity index (χ4v) is 2.23. The van der Waals surface area contributed by atoms with E-state index >= 15 is 0 Å². The number of nitrogens with zero attached hydrogens (tertiary/aromatic N) is 4. The molecule has 0 aliphatic heterocycles. The minimum atomic E-state index is -0.512. The highest BCUT2D eigenvalue weighted by Gasteiger charge is 2.19. The number of aromatic nitrogens is 4. The molecule has 3 rings (SSSR count). The number of hydrogen-bond acceptors (Lipinski definition) is 7. The first-order valence-corrected chi connectivity index (χ1v) is 7.32. The molecule has 3 aromatic heterocycles. The fraction of sp³-hybridized carbons (Fsp3) is 0.250. The maximum atomic E-state index is 13.0. The smallest absolute Gasteiger partial charge is 0.356 e. The number of pyridine rings is 1. The molecule has 0 unspecified atom stereocenters. The van der Waals surface area contributed by atoms with Crippen molar-refractivity contribution in [2.75, 3.05) is 7.11 Å². The summed E-state index contributed by atoms with van der Waals surface area (Å²) in [5, 5.41) is 8.05. The number of carbonyl (C=O) groups is 1. The maximum Gasteiger partial charge on any atom is 0.356 e. The molecule has 0 saturated heterocycles. The lowest BCUT2D eigenvalue weighted by molar-refractivity contribution is 0.0588. The van der Waals surface area contributed by atoms with Gasteiger partial charge in [-0.1, -0.05) is 5.16 Å². The van der Waals surface area contributed by atoms with Gasteiger partial charge in [-0.15, -0.1) is 5.10 Å². The van der Waals surface area contributed by atoms with Gasteiger partial charge in [0.25, 0.3) is 0 Å². The van der Waals surface area contributed by atoms with Gasteiger partial charge in [0, 0.05) is 13.1 Å². The van der Waals surface area contributed by atoms with Crippen molar-refractivity contribution < 1.29 is 23.2 Å². The third-order valence-corrected chi connectivity index (χ3v) is 3.57. The number of carbonyl (C=O) groups excluding carboxylic acids is 1. The van der Waals surface area contributed by atoms with Gasteiger partial charge in [-0.05, 0) is 19.1 Å². The Morgan fingerprint density at radius 2 is 2.20 bits per heavy atom. The van der Waals surface area contributed by atoms with Gasteiger partial charge >= 0.3 is 5.97 Å². The Kier molecular flexibility index (Phi) is 4.46. The van der Waals surface area contributed by atoms with Crippen molar-refractivity contribution in [2.24, 2.45) is 7.05 Å². The Morgan fingerprint density at radius 3 is 2.88 bits per heavy atom. The van der Waals surface area contributed by atoms with Crippen molar-refractivity contribution in [1.29, 1.82) is 0 Å². The Morgan fingerprint density at radius 1 is 1.40 bits per heavy atom. The first-order chi connectivity index (χ1) is 12.0. The fourth-order valence-electron chi connectivity index (χ4n) is 2.23. The minimum Gasteiger partial charge on any atom is -0.471 e. The van der Waals surface area contributed by atoms with Crippen LogP contribution in [0, 0.1) is 12.7 Å². The van der Waals surface area contributed by atoms with Crippen molar-refractivity contribution in [3.05, 3.63) is 47.2 Å². The van der Waals surface area contributed by atoms with E-state index < -0.39 is 11.8 Å². The highest BCUT2D eigenvalue weighted by molar-refractivity contribution is 5.87. The minimum absolute atomic E-state index is 0.0986. The van der Waals surface area contributed by atoms with Crippen LogP contribution in [0.5, 0.6) is 5.88 Å². The average Bonchev–Trinajstić information content (AvgIpc) is 3.16. The molecule has 0 bridgehead atoms. The van der Waals surface area contributed by atoms with Crippen LogP contribution in [0.3, 0.4) is 0 Å². The van der Waals surface area contributed by atoms with E-state index in [-0.39, 0.29) is 18.2 Å². The van der Waals surface area contributed by atoms with Crippen LogP contribution in [0.4, 0.5) is 4.39 Å². The average molecular weight is 346 g/mol. The quantitative estimate of drug-likeness (QED) is 0.654. The topological polar surface area (TPSA) is 92.3 Å². The second-order valence-corrected chi connectivity index (χ2v) is 5.20. The molecule has 0 fully saturated rings. The van der Waals surface area contributed by atoms with E-state index in [2.05, 4.69) is 20.0 Å². The monoisotopic (exact) mass is 346 g/mol. The molecule has 130 valence electrons. The van der Waals surface area contributed by atoms with Crippen molar-refractivity contribution in [2.45, 2.75) is 13.5 Å².